The predicted molar refractivity (Wildman–Crippen MR) is 138 cm³/mol. The van der Waals surface area contributed by atoms with Crippen LogP contribution in [0.3, 0.4) is 0 Å². The molecule has 0 bridgehead atoms. The average molecular weight is 576 g/mol. The number of aliphatic hydroxyl groups is 2. The van der Waals surface area contributed by atoms with Gasteiger partial charge in [0.15, 0.2) is 18.1 Å². The lowest BCUT2D eigenvalue weighted by Gasteiger charge is -2.62. The Bertz CT molecular complexity index is 1470. The third-order valence-corrected chi connectivity index (χ3v) is 11.2. The molecule has 4 aliphatic carbocycles. The Morgan fingerprint density at radius 1 is 1.23 bits per heavy atom. The molecule has 4 aliphatic rings. The summed E-state index contributed by atoms with van der Waals surface area (Å²) in [5, 5.41) is 23.4. The van der Waals surface area contributed by atoms with E-state index in [-0.39, 0.29) is 17.8 Å². The van der Waals surface area contributed by atoms with Gasteiger partial charge >= 0.3 is 5.97 Å². The number of halogens is 1. The first-order valence-electron chi connectivity index (χ1n) is 13.3. The predicted octanol–water partition coefficient (Wildman–Crippen LogP) is 2.66. The van der Waals surface area contributed by atoms with Crippen LogP contribution in [0.4, 0.5) is 4.39 Å². The summed E-state index contributed by atoms with van der Waals surface area (Å²) in [4.78, 5) is 37.5. The molecule has 2 N–H and O–H groups in total. The van der Waals surface area contributed by atoms with Crippen molar-refractivity contribution in [1.29, 1.82) is 0 Å². The molecule has 0 unspecified atom stereocenters. The molecule has 9 nitrogen and oxygen atoms in total. The van der Waals surface area contributed by atoms with Crippen molar-refractivity contribution in [3.63, 3.8) is 0 Å². The van der Waals surface area contributed by atoms with E-state index in [2.05, 4.69) is 0 Å². The van der Waals surface area contributed by atoms with E-state index in [1.165, 1.54) is 30.4 Å². The lowest BCUT2D eigenvalue weighted by molar-refractivity contribution is -0.219. The summed E-state index contributed by atoms with van der Waals surface area (Å²) >= 11 is 0. The number of hydrogen-bond donors (Lipinski definition) is 2. The van der Waals surface area contributed by atoms with E-state index < -0.39 is 79.3 Å². The van der Waals surface area contributed by atoms with Gasteiger partial charge in [0, 0.05) is 16.7 Å². The smallest absolute Gasteiger partial charge is 0.338 e. The quantitative estimate of drug-likeness (QED) is 0.398. The number of hydrogen-bond acceptors (Lipinski definition) is 9. The van der Waals surface area contributed by atoms with E-state index >= 15 is 4.39 Å². The normalized spacial score (nSPS) is 40.5. The summed E-state index contributed by atoms with van der Waals surface area (Å²) in [6.45, 7) is 4.18. The molecule has 5 rings (SSSR count). The minimum absolute atomic E-state index is 0.223. The summed E-state index contributed by atoms with van der Waals surface area (Å²) in [5.41, 5.74) is -6.24. The minimum Gasteiger partial charge on any atom is -0.744 e. The van der Waals surface area contributed by atoms with Crippen LogP contribution < -0.4 is 0 Å². The first kappa shape index (κ1) is 28.8. The van der Waals surface area contributed by atoms with Gasteiger partial charge in [0.1, 0.15) is 15.7 Å². The zero-order valence-electron chi connectivity index (χ0n) is 22.4. The monoisotopic (exact) mass is 575 g/mol. The fourth-order valence-corrected chi connectivity index (χ4v) is 8.76. The number of esters is 1. The van der Waals surface area contributed by atoms with Crippen LogP contribution in [-0.2, 0) is 24.4 Å². The van der Waals surface area contributed by atoms with Gasteiger partial charge in [0.25, 0.3) is 0 Å². The van der Waals surface area contributed by atoms with E-state index in [9.17, 15) is 37.6 Å². The summed E-state index contributed by atoms with van der Waals surface area (Å²) in [6.07, 6.45) is 3.60. The number of allylic oxidation sites excluding steroid dienone is 4. The van der Waals surface area contributed by atoms with Gasteiger partial charge in [-0.25, -0.2) is 17.6 Å². The second-order valence-corrected chi connectivity index (χ2v) is 13.5. The molecule has 0 saturated heterocycles. The van der Waals surface area contributed by atoms with Crippen molar-refractivity contribution >= 4 is 27.7 Å². The molecule has 1 aromatic carbocycles. The van der Waals surface area contributed by atoms with Gasteiger partial charge in [-0.15, -0.1) is 0 Å². The van der Waals surface area contributed by atoms with Crippen molar-refractivity contribution in [1.82, 2.24) is 0 Å². The highest BCUT2D eigenvalue weighted by atomic mass is 32.2. The van der Waals surface area contributed by atoms with Crippen LogP contribution in [-0.4, -0.2) is 64.7 Å². The topological polar surface area (TPSA) is 158 Å². The summed E-state index contributed by atoms with van der Waals surface area (Å²) in [7, 11) is -4.82. The molecule has 1 aromatic rings. The van der Waals surface area contributed by atoms with Gasteiger partial charge in [-0.1, -0.05) is 31.6 Å². The number of rotatable bonds is 5. The van der Waals surface area contributed by atoms with Crippen molar-refractivity contribution in [3.8, 4) is 0 Å². The molecule has 0 spiro atoms. The zero-order valence-corrected chi connectivity index (χ0v) is 23.2. The number of ether oxygens (including phenoxy) is 1. The molecule has 0 heterocycles. The van der Waals surface area contributed by atoms with Gasteiger partial charge in [-0.2, -0.15) is 0 Å². The Labute approximate surface area is 231 Å². The highest BCUT2D eigenvalue weighted by Gasteiger charge is 2.75. The molecular formula is C29H32FO9S-. The molecule has 3 saturated carbocycles. The Kier molecular flexibility index (Phi) is 6.58. The summed E-state index contributed by atoms with van der Waals surface area (Å²) in [5.74, 6) is -3.93. The van der Waals surface area contributed by atoms with Crippen molar-refractivity contribution in [2.45, 2.75) is 68.7 Å². The number of fused-ring (bicyclic) bond motifs is 5. The average Bonchev–Trinajstić information content (AvgIpc) is 3.09. The molecule has 0 aromatic heterocycles. The van der Waals surface area contributed by atoms with Crippen molar-refractivity contribution in [2.24, 2.45) is 28.6 Å². The van der Waals surface area contributed by atoms with Crippen molar-refractivity contribution in [2.75, 3.05) is 6.61 Å². The molecule has 0 aliphatic heterocycles. The summed E-state index contributed by atoms with van der Waals surface area (Å²) in [6, 6.07) is 4.29. The molecule has 0 amide bonds. The second-order valence-electron chi connectivity index (χ2n) is 12.1. The number of alkyl halides is 1. The summed E-state index contributed by atoms with van der Waals surface area (Å²) < 4.78 is 56.3. The zero-order chi connectivity index (χ0) is 29.5. The lowest BCUT2D eigenvalue weighted by atomic mass is 9.44. The molecular weight excluding hydrogens is 543 g/mol. The largest absolute Gasteiger partial charge is 0.744 e. The van der Waals surface area contributed by atoms with Crippen LogP contribution >= 0.6 is 0 Å². The van der Waals surface area contributed by atoms with E-state index in [1.54, 1.807) is 20.8 Å². The number of benzene rings is 1. The highest BCUT2D eigenvalue weighted by Crippen LogP contribution is 2.70. The lowest BCUT2D eigenvalue weighted by Crippen LogP contribution is -2.69. The number of Topliss-reactive ketones (excluding diaryl/α,β-unsaturated/α-hetero) is 1. The number of carbonyl (C=O) groups is 3. The van der Waals surface area contributed by atoms with E-state index in [0.717, 1.165) is 12.1 Å². The van der Waals surface area contributed by atoms with Gasteiger partial charge in [0.05, 0.1) is 16.6 Å². The van der Waals surface area contributed by atoms with Crippen LogP contribution in [0, 0.1) is 28.6 Å². The SMILES string of the molecule is C[C@@H]1C[C@H]2[C@@H]3CCC4=CC(=O)C=C[C@@]4(C)[C@@]3(F)[C@H](O)C[C@@]2(C)[C@@]1(O)C(=O)COC(=O)c1cccc(S(=O)(=O)[O-])c1. The number of carbonyl (C=O) groups excluding carboxylic acids is 3. The van der Waals surface area contributed by atoms with Crippen molar-refractivity contribution < 1.29 is 46.7 Å². The number of aliphatic hydroxyl groups excluding tert-OH is 1. The van der Waals surface area contributed by atoms with Crippen LogP contribution in [0.25, 0.3) is 0 Å². The van der Waals surface area contributed by atoms with Crippen LogP contribution in [0.5, 0.6) is 0 Å². The Morgan fingerprint density at radius 3 is 2.60 bits per heavy atom. The van der Waals surface area contributed by atoms with Gasteiger partial charge < -0.3 is 19.5 Å². The first-order chi connectivity index (χ1) is 18.5. The molecule has 40 heavy (non-hydrogen) atoms. The third kappa shape index (κ3) is 3.81. The second kappa shape index (κ2) is 9.14. The maximum absolute atomic E-state index is 17.3. The van der Waals surface area contributed by atoms with E-state index in [0.29, 0.717) is 24.8 Å². The minimum atomic E-state index is -4.82. The highest BCUT2D eigenvalue weighted by molar-refractivity contribution is 7.85. The number of ketones is 2. The molecule has 0 radical (unpaired) electrons. The molecule has 11 heteroatoms. The van der Waals surface area contributed by atoms with Crippen LogP contribution in [0.2, 0.25) is 0 Å². The fourth-order valence-electron chi connectivity index (χ4n) is 8.24. The van der Waals surface area contributed by atoms with E-state index in [1.807, 2.05) is 0 Å². The fraction of sp³-hybridized carbons (Fsp3) is 0.552. The standard InChI is InChI=1S/C29H33FO9S/c1-16-11-22-21-8-7-18-13-19(31)9-10-26(18,2)28(21,30)23(32)14-27(22,3)29(16,35)24(33)15-39-25(34)17-5-4-6-20(12-17)40(36,37)38/h4-6,9-10,12-13,16,21-23,32,35H,7-8,11,14-15H2,1-3H3,(H,36,37,38)/p-1/t16-,21+,22+,23-,26-,27-,28+,29+/m1/s1. The van der Waals surface area contributed by atoms with Gasteiger partial charge in [-0.05, 0) is 74.8 Å². The van der Waals surface area contributed by atoms with Gasteiger partial charge in [-0.3, -0.25) is 9.59 Å². The Balaban J connectivity index is 1.41. The Morgan fingerprint density at radius 2 is 1.93 bits per heavy atom. The molecule has 8 atom stereocenters. The van der Waals surface area contributed by atoms with Crippen molar-refractivity contribution in [3.05, 3.63) is 53.6 Å². The van der Waals surface area contributed by atoms with Gasteiger partial charge in [0.2, 0.25) is 5.78 Å². The molecule has 216 valence electrons. The molecule has 3 fully saturated rings. The first-order valence-corrected chi connectivity index (χ1v) is 14.7. The third-order valence-electron chi connectivity index (χ3n) is 10.3. The van der Waals surface area contributed by atoms with E-state index in [4.69, 9.17) is 4.74 Å². The Hall–Kier alpha value is -2.73. The van der Waals surface area contributed by atoms with Crippen LogP contribution in [0.15, 0.2) is 53.0 Å². The van der Waals surface area contributed by atoms with Crippen LogP contribution in [0.1, 0.15) is 56.8 Å². The maximum atomic E-state index is 17.3. The maximum Gasteiger partial charge on any atom is 0.338 e.